The van der Waals surface area contributed by atoms with Crippen LogP contribution in [0.1, 0.15) is 11.1 Å². The monoisotopic (exact) mass is 318 g/mol. The third kappa shape index (κ3) is 3.72. The summed E-state index contributed by atoms with van der Waals surface area (Å²) in [7, 11) is 0. The molecule has 0 aliphatic heterocycles. The number of benzene rings is 2. The highest BCUT2D eigenvalue weighted by atomic mass is 79.9. The van der Waals surface area contributed by atoms with E-state index in [1.54, 1.807) is 12.1 Å². The number of rotatable bonds is 4. The largest absolute Gasteiger partial charge is 0.288 e. The standard InChI is InChI=1S/C14H11BrN2O2/c15-13-6-7-14(17(18)19)12(8-13)10-16-9-11-4-2-1-3-5-11/h1-8,10H,9H2. The average molecular weight is 319 g/mol. The molecule has 2 rings (SSSR count). The molecule has 96 valence electrons. The first-order chi connectivity index (χ1) is 9.16. The average Bonchev–Trinajstić information content (AvgIpc) is 2.39. The topological polar surface area (TPSA) is 55.5 Å². The number of hydrogen-bond donors (Lipinski definition) is 0. The van der Waals surface area contributed by atoms with E-state index in [1.165, 1.54) is 12.3 Å². The van der Waals surface area contributed by atoms with Gasteiger partial charge in [-0.25, -0.2) is 0 Å². The SMILES string of the molecule is O=[N+]([O-])c1ccc(Br)cc1C=NCc1ccccc1. The van der Waals surface area contributed by atoms with Crippen LogP contribution in [0.15, 0.2) is 58.0 Å². The molecule has 0 atom stereocenters. The van der Waals surface area contributed by atoms with Crippen molar-refractivity contribution < 1.29 is 4.92 Å². The third-order valence-corrected chi connectivity index (χ3v) is 3.03. The first kappa shape index (κ1) is 13.4. The van der Waals surface area contributed by atoms with Gasteiger partial charge in [-0.15, -0.1) is 0 Å². The highest BCUT2D eigenvalue weighted by molar-refractivity contribution is 9.10. The molecule has 0 aliphatic rings. The molecule has 4 nitrogen and oxygen atoms in total. The third-order valence-electron chi connectivity index (χ3n) is 2.53. The van der Waals surface area contributed by atoms with Gasteiger partial charge in [0.2, 0.25) is 0 Å². The lowest BCUT2D eigenvalue weighted by Gasteiger charge is -1.99. The zero-order valence-corrected chi connectivity index (χ0v) is 11.6. The first-order valence-electron chi connectivity index (χ1n) is 5.64. The van der Waals surface area contributed by atoms with E-state index in [4.69, 9.17) is 0 Å². The lowest BCUT2D eigenvalue weighted by molar-refractivity contribution is -0.385. The van der Waals surface area contributed by atoms with Crippen molar-refractivity contribution >= 4 is 27.8 Å². The van der Waals surface area contributed by atoms with Crippen LogP contribution in [0.3, 0.4) is 0 Å². The number of halogens is 1. The van der Waals surface area contributed by atoms with E-state index in [2.05, 4.69) is 20.9 Å². The Kier molecular flexibility index (Phi) is 4.41. The molecule has 2 aromatic rings. The molecule has 0 bridgehead atoms. The van der Waals surface area contributed by atoms with E-state index in [-0.39, 0.29) is 5.69 Å². The van der Waals surface area contributed by atoms with Gasteiger partial charge in [-0.3, -0.25) is 15.1 Å². The van der Waals surface area contributed by atoms with Gasteiger partial charge in [0.05, 0.1) is 17.0 Å². The maximum absolute atomic E-state index is 10.9. The van der Waals surface area contributed by atoms with Crippen LogP contribution in [0.4, 0.5) is 5.69 Å². The van der Waals surface area contributed by atoms with Crippen molar-refractivity contribution in [1.82, 2.24) is 0 Å². The van der Waals surface area contributed by atoms with Gasteiger partial charge in [0.25, 0.3) is 5.69 Å². The van der Waals surface area contributed by atoms with E-state index in [9.17, 15) is 10.1 Å². The fourth-order valence-corrected chi connectivity index (χ4v) is 2.01. The van der Waals surface area contributed by atoms with E-state index < -0.39 is 4.92 Å². The van der Waals surface area contributed by atoms with Gasteiger partial charge < -0.3 is 0 Å². The van der Waals surface area contributed by atoms with Crippen LogP contribution >= 0.6 is 15.9 Å². The van der Waals surface area contributed by atoms with Crippen LogP contribution in [0.5, 0.6) is 0 Å². The zero-order valence-electron chi connectivity index (χ0n) is 9.99. The lowest BCUT2D eigenvalue weighted by Crippen LogP contribution is -1.94. The van der Waals surface area contributed by atoms with Crippen LogP contribution in [-0.4, -0.2) is 11.1 Å². The minimum Gasteiger partial charge on any atom is -0.288 e. The molecule has 0 spiro atoms. The Labute approximate surface area is 119 Å². The van der Waals surface area contributed by atoms with Crippen LogP contribution in [0.2, 0.25) is 0 Å². The molecule has 0 N–H and O–H groups in total. The molecule has 2 aromatic carbocycles. The number of nitrogens with zero attached hydrogens (tertiary/aromatic N) is 2. The maximum Gasteiger partial charge on any atom is 0.278 e. The van der Waals surface area contributed by atoms with E-state index in [0.29, 0.717) is 12.1 Å². The summed E-state index contributed by atoms with van der Waals surface area (Å²) < 4.78 is 0.791. The van der Waals surface area contributed by atoms with Crippen LogP contribution in [-0.2, 0) is 6.54 Å². The molecule has 0 aliphatic carbocycles. The van der Waals surface area contributed by atoms with Gasteiger partial charge in [0, 0.05) is 16.8 Å². The number of nitro benzene ring substituents is 1. The molecule has 0 heterocycles. The van der Waals surface area contributed by atoms with Crippen molar-refractivity contribution in [3.05, 3.63) is 74.2 Å². The summed E-state index contributed by atoms with van der Waals surface area (Å²) in [6.45, 7) is 0.504. The van der Waals surface area contributed by atoms with Crippen molar-refractivity contribution in [2.75, 3.05) is 0 Å². The first-order valence-corrected chi connectivity index (χ1v) is 6.44. The molecule has 0 amide bonds. The quantitative estimate of drug-likeness (QED) is 0.486. The molecule has 0 fully saturated rings. The summed E-state index contributed by atoms with van der Waals surface area (Å²) in [6, 6.07) is 14.5. The number of hydrogen-bond acceptors (Lipinski definition) is 3. The van der Waals surface area contributed by atoms with Gasteiger partial charge in [-0.1, -0.05) is 46.3 Å². The van der Waals surface area contributed by atoms with Gasteiger partial charge in [-0.05, 0) is 17.7 Å². The molecule has 19 heavy (non-hydrogen) atoms. The van der Waals surface area contributed by atoms with E-state index in [1.807, 2.05) is 30.3 Å². The highest BCUT2D eigenvalue weighted by Gasteiger charge is 2.11. The molecular weight excluding hydrogens is 308 g/mol. The predicted octanol–water partition coefficient (Wildman–Crippen LogP) is 3.98. The van der Waals surface area contributed by atoms with Crippen LogP contribution < -0.4 is 0 Å². The fraction of sp³-hybridized carbons (Fsp3) is 0.0714. The second-order valence-electron chi connectivity index (χ2n) is 3.92. The summed E-state index contributed by atoms with van der Waals surface area (Å²) >= 11 is 3.30. The summed E-state index contributed by atoms with van der Waals surface area (Å²) in [6.07, 6.45) is 1.54. The molecule has 0 saturated carbocycles. The Bertz CT molecular complexity index is 612. The highest BCUT2D eigenvalue weighted by Crippen LogP contribution is 2.21. The fourth-order valence-electron chi connectivity index (χ4n) is 1.63. The normalized spacial score (nSPS) is 10.8. The second kappa shape index (κ2) is 6.24. The maximum atomic E-state index is 10.9. The van der Waals surface area contributed by atoms with Crippen LogP contribution in [0, 0.1) is 10.1 Å². The Morgan fingerprint density at radius 1 is 1.21 bits per heavy atom. The van der Waals surface area contributed by atoms with Crippen molar-refractivity contribution in [3.63, 3.8) is 0 Å². The van der Waals surface area contributed by atoms with Gasteiger partial charge in [0.15, 0.2) is 0 Å². The zero-order chi connectivity index (χ0) is 13.7. The summed E-state index contributed by atoms with van der Waals surface area (Å²) in [5.74, 6) is 0. The van der Waals surface area contributed by atoms with Crippen molar-refractivity contribution in [2.24, 2.45) is 4.99 Å². The lowest BCUT2D eigenvalue weighted by atomic mass is 10.2. The van der Waals surface area contributed by atoms with E-state index >= 15 is 0 Å². The molecule has 5 heteroatoms. The van der Waals surface area contributed by atoms with Gasteiger partial charge in [-0.2, -0.15) is 0 Å². The van der Waals surface area contributed by atoms with Crippen molar-refractivity contribution in [3.8, 4) is 0 Å². The Morgan fingerprint density at radius 3 is 2.63 bits per heavy atom. The Morgan fingerprint density at radius 2 is 1.95 bits per heavy atom. The second-order valence-corrected chi connectivity index (χ2v) is 4.83. The molecule has 0 aromatic heterocycles. The van der Waals surface area contributed by atoms with Crippen molar-refractivity contribution in [2.45, 2.75) is 6.54 Å². The summed E-state index contributed by atoms with van der Waals surface area (Å²) in [5, 5.41) is 10.9. The number of nitro groups is 1. The Hall–Kier alpha value is -2.01. The van der Waals surface area contributed by atoms with Gasteiger partial charge >= 0.3 is 0 Å². The minimum absolute atomic E-state index is 0.0556. The summed E-state index contributed by atoms with van der Waals surface area (Å²) in [5.41, 5.74) is 1.62. The van der Waals surface area contributed by atoms with Gasteiger partial charge in [0.1, 0.15) is 0 Å². The molecule has 0 unspecified atom stereocenters. The molecule has 0 saturated heterocycles. The van der Waals surface area contributed by atoms with Crippen LogP contribution in [0.25, 0.3) is 0 Å². The van der Waals surface area contributed by atoms with E-state index in [0.717, 1.165) is 10.0 Å². The molecular formula is C14H11BrN2O2. The Balaban J connectivity index is 2.18. The van der Waals surface area contributed by atoms with Crippen molar-refractivity contribution in [1.29, 1.82) is 0 Å². The predicted molar refractivity (Wildman–Crippen MR) is 78.5 cm³/mol. The number of aliphatic imine (C=N–C) groups is 1. The minimum atomic E-state index is -0.406. The smallest absolute Gasteiger partial charge is 0.278 e. The molecule has 0 radical (unpaired) electrons. The summed E-state index contributed by atoms with van der Waals surface area (Å²) in [4.78, 5) is 14.7.